The third kappa shape index (κ3) is 3.88. The molecule has 23 heavy (non-hydrogen) atoms. The van der Waals surface area contributed by atoms with E-state index < -0.39 is 23.6 Å². The molecule has 0 saturated heterocycles. The minimum atomic E-state index is -4.51. The molecule has 0 unspecified atom stereocenters. The van der Waals surface area contributed by atoms with E-state index in [0.29, 0.717) is 5.56 Å². The molecule has 7 heteroatoms. The number of hydrogen-bond acceptors (Lipinski definition) is 2. The van der Waals surface area contributed by atoms with Gasteiger partial charge in [0.05, 0.1) is 11.1 Å². The number of amides is 1. The van der Waals surface area contributed by atoms with E-state index in [0.717, 1.165) is 12.1 Å². The molecule has 0 atom stereocenters. The standard InChI is InChI=1S/C16H12F3NO3/c1-9-5-6-10(7-13(9)15(22)23)14(21)20-12-4-2-3-11(8-12)16(17,18)19/h2-8H,1H3,(H,20,21)(H,22,23). The highest BCUT2D eigenvalue weighted by molar-refractivity contribution is 6.05. The van der Waals surface area contributed by atoms with Crippen molar-refractivity contribution in [1.82, 2.24) is 0 Å². The van der Waals surface area contributed by atoms with Gasteiger partial charge in [-0.25, -0.2) is 4.79 Å². The fraction of sp³-hybridized carbons (Fsp3) is 0.125. The predicted octanol–water partition coefficient (Wildman–Crippen LogP) is 3.96. The summed E-state index contributed by atoms with van der Waals surface area (Å²) in [6.07, 6.45) is -4.51. The van der Waals surface area contributed by atoms with Crippen LogP contribution in [-0.2, 0) is 6.18 Å². The van der Waals surface area contributed by atoms with Crippen LogP contribution in [0, 0.1) is 6.92 Å². The summed E-state index contributed by atoms with van der Waals surface area (Å²) in [5, 5.41) is 11.4. The van der Waals surface area contributed by atoms with Crippen LogP contribution in [0.1, 0.15) is 31.8 Å². The van der Waals surface area contributed by atoms with Crippen molar-refractivity contribution >= 4 is 17.6 Å². The minimum absolute atomic E-state index is 0.0257. The molecule has 0 aliphatic rings. The first-order valence-corrected chi connectivity index (χ1v) is 6.51. The molecule has 2 aromatic carbocycles. The Balaban J connectivity index is 2.26. The molecule has 0 saturated carbocycles. The summed E-state index contributed by atoms with van der Waals surface area (Å²) in [6.45, 7) is 1.58. The van der Waals surface area contributed by atoms with Crippen LogP contribution >= 0.6 is 0 Å². The van der Waals surface area contributed by atoms with Crippen molar-refractivity contribution in [1.29, 1.82) is 0 Å². The van der Waals surface area contributed by atoms with Gasteiger partial charge in [-0.05, 0) is 42.8 Å². The molecule has 0 aliphatic carbocycles. The number of aromatic carboxylic acids is 1. The van der Waals surface area contributed by atoms with Crippen molar-refractivity contribution in [3.63, 3.8) is 0 Å². The average Bonchev–Trinajstić information content (AvgIpc) is 2.46. The zero-order chi connectivity index (χ0) is 17.2. The van der Waals surface area contributed by atoms with Gasteiger partial charge in [-0.15, -0.1) is 0 Å². The number of aryl methyl sites for hydroxylation is 1. The van der Waals surface area contributed by atoms with Crippen LogP contribution in [-0.4, -0.2) is 17.0 Å². The van der Waals surface area contributed by atoms with E-state index in [2.05, 4.69) is 5.32 Å². The van der Waals surface area contributed by atoms with Crippen LogP contribution in [0.2, 0.25) is 0 Å². The van der Waals surface area contributed by atoms with Crippen LogP contribution in [0.4, 0.5) is 18.9 Å². The van der Waals surface area contributed by atoms with E-state index in [-0.39, 0.29) is 16.8 Å². The van der Waals surface area contributed by atoms with Crippen molar-refractivity contribution < 1.29 is 27.9 Å². The summed E-state index contributed by atoms with van der Waals surface area (Å²) in [4.78, 5) is 23.1. The number of alkyl halides is 3. The molecule has 0 radical (unpaired) electrons. The van der Waals surface area contributed by atoms with E-state index in [1.54, 1.807) is 6.92 Å². The lowest BCUT2D eigenvalue weighted by molar-refractivity contribution is -0.137. The Labute approximate surface area is 129 Å². The number of rotatable bonds is 3. The SMILES string of the molecule is Cc1ccc(C(=O)Nc2cccc(C(F)(F)F)c2)cc1C(=O)O. The minimum Gasteiger partial charge on any atom is -0.478 e. The van der Waals surface area contributed by atoms with E-state index in [9.17, 15) is 22.8 Å². The number of anilines is 1. The molecule has 4 nitrogen and oxygen atoms in total. The highest BCUT2D eigenvalue weighted by Gasteiger charge is 2.30. The zero-order valence-corrected chi connectivity index (χ0v) is 11.9. The number of nitrogens with one attached hydrogen (secondary N) is 1. The van der Waals surface area contributed by atoms with Crippen LogP contribution in [0.3, 0.4) is 0 Å². The topological polar surface area (TPSA) is 66.4 Å². The molecule has 0 heterocycles. The summed E-state index contributed by atoms with van der Waals surface area (Å²) in [5.74, 6) is -1.87. The molecule has 0 spiro atoms. The number of carboxylic acid groups (broad SMARTS) is 1. The van der Waals surface area contributed by atoms with Crippen LogP contribution < -0.4 is 5.32 Å². The number of carboxylic acids is 1. The van der Waals surface area contributed by atoms with Gasteiger partial charge in [0, 0.05) is 11.3 Å². The maximum Gasteiger partial charge on any atom is 0.416 e. The first-order chi connectivity index (χ1) is 10.7. The van der Waals surface area contributed by atoms with E-state index in [1.807, 2.05) is 0 Å². The largest absolute Gasteiger partial charge is 0.478 e. The van der Waals surface area contributed by atoms with Gasteiger partial charge >= 0.3 is 12.1 Å². The van der Waals surface area contributed by atoms with Crippen molar-refractivity contribution in [2.24, 2.45) is 0 Å². The predicted molar refractivity (Wildman–Crippen MR) is 77.5 cm³/mol. The first kappa shape index (κ1) is 16.5. The highest BCUT2D eigenvalue weighted by Crippen LogP contribution is 2.30. The van der Waals surface area contributed by atoms with Gasteiger partial charge in [0.15, 0.2) is 0 Å². The van der Waals surface area contributed by atoms with Gasteiger partial charge in [-0.2, -0.15) is 13.2 Å². The molecule has 120 valence electrons. The Morgan fingerprint density at radius 1 is 1.09 bits per heavy atom. The van der Waals surface area contributed by atoms with Crippen LogP contribution in [0.15, 0.2) is 42.5 Å². The van der Waals surface area contributed by atoms with Gasteiger partial charge in [0.1, 0.15) is 0 Å². The molecular weight excluding hydrogens is 311 g/mol. The maximum absolute atomic E-state index is 12.6. The third-order valence-corrected chi connectivity index (χ3v) is 3.18. The number of carbonyl (C=O) groups excluding carboxylic acids is 1. The monoisotopic (exact) mass is 323 g/mol. The smallest absolute Gasteiger partial charge is 0.416 e. The van der Waals surface area contributed by atoms with Crippen molar-refractivity contribution in [2.75, 3.05) is 5.32 Å². The average molecular weight is 323 g/mol. The Morgan fingerprint density at radius 2 is 1.78 bits per heavy atom. The molecule has 0 fully saturated rings. The van der Waals surface area contributed by atoms with Crippen molar-refractivity contribution in [2.45, 2.75) is 13.1 Å². The van der Waals surface area contributed by atoms with E-state index in [4.69, 9.17) is 5.11 Å². The molecule has 0 bridgehead atoms. The Kier molecular flexibility index (Phi) is 4.40. The summed E-state index contributed by atoms with van der Waals surface area (Å²) >= 11 is 0. The normalized spacial score (nSPS) is 11.1. The van der Waals surface area contributed by atoms with Gasteiger partial charge in [-0.3, -0.25) is 4.79 Å². The molecule has 0 aromatic heterocycles. The lowest BCUT2D eigenvalue weighted by atomic mass is 10.0. The number of carbonyl (C=O) groups is 2. The lowest BCUT2D eigenvalue weighted by Crippen LogP contribution is -2.14. The Morgan fingerprint density at radius 3 is 2.39 bits per heavy atom. The van der Waals surface area contributed by atoms with Crippen LogP contribution in [0.25, 0.3) is 0 Å². The number of hydrogen-bond donors (Lipinski definition) is 2. The molecule has 0 aliphatic heterocycles. The lowest BCUT2D eigenvalue weighted by Gasteiger charge is -2.10. The van der Waals surface area contributed by atoms with Crippen molar-refractivity contribution in [3.05, 3.63) is 64.7 Å². The quantitative estimate of drug-likeness (QED) is 0.898. The highest BCUT2D eigenvalue weighted by atomic mass is 19.4. The molecule has 2 rings (SSSR count). The maximum atomic E-state index is 12.6. The fourth-order valence-corrected chi connectivity index (χ4v) is 1.97. The summed E-state index contributed by atoms with van der Waals surface area (Å²) in [6, 6.07) is 8.25. The molecule has 1 amide bonds. The summed E-state index contributed by atoms with van der Waals surface area (Å²) in [7, 11) is 0. The Bertz CT molecular complexity index is 769. The second-order valence-corrected chi connectivity index (χ2v) is 4.87. The fourth-order valence-electron chi connectivity index (χ4n) is 1.97. The molecule has 2 aromatic rings. The zero-order valence-electron chi connectivity index (χ0n) is 11.9. The van der Waals surface area contributed by atoms with E-state index in [1.165, 1.54) is 30.3 Å². The van der Waals surface area contributed by atoms with Gasteiger partial charge in [0.2, 0.25) is 0 Å². The van der Waals surface area contributed by atoms with Gasteiger partial charge < -0.3 is 10.4 Å². The summed E-state index contributed by atoms with van der Waals surface area (Å²) in [5.41, 5.74) is -0.423. The third-order valence-electron chi connectivity index (χ3n) is 3.18. The van der Waals surface area contributed by atoms with Gasteiger partial charge in [-0.1, -0.05) is 12.1 Å². The second kappa shape index (κ2) is 6.12. The first-order valence-electron chi connectivity index (χ1n) is 6.51. The van der Waals surface area contributed by atoms with E-state index >= 15 is 0 Å². The summed E-state index contributed by atoms with van der Waals surface area (Å²) < 4.78 is 37.9. The molecular formula is C16H12F3NO3. The molecule has 2 N–H and O–H groups in total. The van der Waals surface area contributed by atoms with Gasteiger partial charge in [0.25, 0.3) is 5.91 Å². The Hall–Kier alpha value is -2.83. The number of benzene rings is 2. The number of halogens is 3. The second-order valence-electron chi connectivity index (χ2n) is 4.87. The van der Waals surface area contributed by atoms with Crippen molar-refractivity contribution in [3.8, 4) is 0 Å². The van der Waals surface area contributed by atoms with Crippen LogP contribution in [0.5, 0.6) is 0 Å².